The number of halogens is 10. The van der Waals surface area contributed by atoms with E-state index < -0.39 is 40.7 Å². The Morgan fingerprint density at radius 1 is 0.588 bits per heavy atom. The summed E-state index contributed by atoms with van der Waals surface area (Å²) in [7, 11) is -4.94. The van der Waals surface area contributed by atoms with Gasteiger partial charge in [-0.15, -0.1) is 22.7 Å². The molecule has 0 radical (unpaired) electrons. The number of nitro groups is 4. The van der Waals surface area contributed by atoms with E-state index in [1.807, 2.05) is 4.90 Å². The van der Waals surface area contributed by atoms with Crippen molar-refractivity contribution in [3.05, 3.63) is 154 Å². The molecule has 3 aliphatic rings. The maximum Gasteiger partial charge on any atom is 1.00 e. The second kappa shape index (κ2) is 41.7. The van der Waals surface area contributed by atoms with Crippen molar-refractivity contribution in [3.63, 3.8) is 0 Å². The van der Waals surface area contributed by atoms with Crippen LogP contribution in [-0.2, 0) is 18.8 Å². The quantitative estimate of drug-likeness (QED) is 0.0615. The van der Waals surface area contributed by atoms with Gasteiger partial charge < -0.3 is 45.0 Å². The molecule has 5 aromatic rings. The molecular weight excluding hydrogens is 1340 g/mol. The van der Waals surface area contributed by atoms with Crippen molar-refractivity contribution in [1.29, 1.82) is 0 Å². The van der Waals surface area contributed by atoms with E-state index in [9.17, 15) is 54.6 Å². The molecule has 3 fully saturated rings. The third kappa shape index (κ3) is 37.1. The van der Waals surface area contributed by atoms with E-state index >= 15 is 0 Å². The van der Waals surface area contributed by atoms with Crippen LogP contribution < -0.4 is 102 Å². The van der Waals surface area contributed by atoms with E-state index in [0.29, 0.717) is 47.9 Å². The van der Waals surface area contributed by atoms with Crippen LogP contribution in [0.2, 0.25) is 25.2 Å². The zero-order valence-corrected chi connectivity index (χ0v) is 52.2. The Balaban J connectivity index is -0.000000878. The summed E-state index contributed by atoms with van der Waals surface area (Å²) in [6.45, 7) is 9.58. The number of hydrogen-bond acceptors (Lipinski definition) is 25. The van der Waals surface area contributed by atoms with Crippen LogP contribution in [-0.4, -0.2) is 124 Å². The molecule has 0 amide bonds. The zero-order valence-electron chi connectivity index (χ0n) is 40.5. The van der Waals surface area contributed by atoms with Crippen LogP contribution in [0.4, 0.5) is 40.1 Å². The van der Waals surface area contributed by atoms with Gasteiger partial charge in [0.1, 0.15) is 34.2 Å². The van der Waals surface area contributed by atoms with Gasteiger partial charge in [0, 0.05) is 71.0 Å². The maximum absolute atomic E-state index is 10.6. The van der Waals surface area contributed by atoms with Crippen molar-refractivity contribution < 1.29 is 120 Å². The van der Waals surface area contributed by atoms with Crippen LogP contribution in [0.15, 0.2) is 77.0 Å². The van der Waals surface area contributed by atoms with Crippen LogP contribution in [0.5, 0.6) is 0 Å². The maximum atomic E-state index is 10.6. The number of nitrogen functional groups attached to an aromatic ring is 1. The minimum atomic E-state index is -4.94. The number of morpholine rings is 3. The number of rotatable bonds is 6. The van der Waals surface area contributed by atoms with Crippen molar-refractivity contribution in [3.8, 4) is 0 Å². The first-order valence-electron chi connectivity index (χ1n) is 20.6. The molecule has 5 N–H and O–H groups in total. The summed E-state index contributed by atoms with van der Waals surface area (Å²) < 4.78 is 58.9. The third-order valence-corrected chi connectivity index (χ3v) is 9.88. The molecule has 80 heavy (non-hydrogen) atoms. The minimum absolute atomic E-state index is 0. The van der Waals surface area contributed by atoms with Crippen LogP contribution in [0.1, 0.15) is 1.43 Å². The molecule has 5 aromatic heterocycles. The Morgan fingerprint density at radius 2 is 0.963 bits per heavy atom. The number of aromatic nitrogens is 5. The first-order chi connectivity index (χ1) is 36.4. The van der Waals surface area contributed by atoms with Crippen LogP contribution >= 0.6 is 109 Å². The van der Waals surface area contributed by atoms with Gasteiger partial charge in [-0.1, -0.05) is 58.0 Å². The molecule has 440 valence electrons. The molecule has 3 saturated heterocycles. The molecule has 8 rings (SSSR count). The summed E-state index contributed by atoms with van der Waals surface area (Å²) in [6.07, 6.45) is 5.94. The summed E-state index contributed by atoms with van der Waals surface area (Å²) in [5.41, 5.74) is 4.68. The van der Waals surface area contributed by atoms with Gasteiger partial charge in [-0.05, 0) is 39.8 Å². The Kier molecular flexibility index (Phi) is 41.1. The average Bonchev–Trinajstić information content (AvgIpc) is 3.37. The molecule has 0 atom stereocenters. The predicted molar refractivity (Wildman–Crippen MR) is 287 cm³/mol. The molecular formula is C37H43Cl10KN13O18P. The molecule has 3 aliphatic heterocycles. The Labute approximate surface area is 542 Å². The van der Waals surface area contributed by atoms with E-state index in [4.69, 9.17) is 96.6 Å². The van der Waals surface area contributed by atoms with Crippen molar-refractivity contribution in [2.24, 2.45) is 0 Å². The summed E-state index contributed by atoms with van der Waals surface area (Å²) in [6, 6.07) is 7.45. The average molecular weight is 1380 g/mol. The molecule has 43 heteroatoms. The Morgan fingerprint density at radius 3 is 1.30 bits per heavy atom. The van der Waals surface area contributed by atoms with Crippen molar-refractivity contribution in [2.45, 2.75) is 0 Å². The number of nitrogens with two attached hydrogens (primary N) is 1. The first kappa shape index (κ1) is 78.9. The molecule has 31 nitrogen and oxygen atoms in total. The monoisotopic (exact) mass is 1380 g/mol. The van der Waals surface area contributed by atoms with E-state index in [1.54, 1.807) is 12.3 Å². The second-order valence-electron chi connectivity index (χ2n) is 13.9. The van der Waals surface area contributed by atoms with Crippen molar-refractivity contribution in [1.82, 2.24) is 30.2 Å². The molecule has 0 bridgehead atoms. The van der Waals surface area contributed by atoms with E-state index in [2.05, 4.69) is 68.9 Å². The standard InChI is InChI=1S/C9H10ClN3O3.C9H12ClN3O.C5H2Cl2N2O2.C5H3ClN2O3.C5H4N2O3.C4H9NO.Cl3OP.ClHO4.ClH.K.H2/c10-8-5-7(13(14)15)6-11-9(8)12-1-3-16-4-2-12;10-8-5-7(11)6-12-9(8)13-1-3-14-4-2-13;6-4-1-3(9(10)11)2-8-5(4)7;6-4-1-3(8(10)11)2-7-5(4)9;8-5-2-1-4(3-6-5)7(9)10;1-3-6-4-2-5-1;1-5(2,3)4;2-1(3,4)5;;;/h5-6H,1-4H2;5-6H,1-4,11H2;1-2H;1-2H,(H,7,9);1-3H,(H,6,8);5H,1-4H2;;(H,2,3,4,5);1H;;1H/q;;;;;;;;;+1;/p-1. The minimum Gasteiger partial charge on any atom is -0.397 e. The number of ether oxygens (including phenoxy) is 3. The van der Waals surface area contributed by atoms with E-state index in [-0.39, 0.29) is 109 Å². The third-order valence-electron chi connectivity index (χ3n) is 8.35. The van der Waals surface area contributed by atoms with Gasteiger partial charge in [0.05, 0.1) is 98.7 Å². The zero-order chi connectivity index (χ0) is 59.2. The fourth-order valence-electron chi connectivity index (χ4n) is 5.08. The predicted octanol–water partition coefficient (Wildman–Crippen LogP) is 1.48. The smallest absolute Gasteiger partial charge is 0.397 e. The van der Waals surface area contributed by atoms with Gasteiger partial charge in [-0.25, -0.2) is 33.6 Å². The summed E-state index contributed by atoms with van der Waals surface area (Å²) >= 11 is 42.0. The molecule has 0 saturated carbocycles. The number of H-pyrrole nitrogens is 2. The van der Waals surface area contributed by atoms with Gasteiger partial charge in [0.25, 0.3) is 28.3 Å². The second-order valence-corrected chi connectivity index (χ2v) is 23.2. The fourth-order valence-corrected chi connectivity index (χ4v) is 6.08. The number of nitrogens with one attached hydrogen (secondary N) is 3. The number of pyridine rings is 5. The first-order valence-corrected chi connectivity index (χ1v) is 28.2. The molecule has 0 spiro atoms. The molecule has 8 heterocycles. The van der Waals surface area contributed by atoms with Gasteiger partial charge in [-0.3, -0.25) is 54.6 Å². The molecule has 0 aliphatic carbocycles. The fraction of sp³-hybridized carbons (Fsp3) is 0.324. The molecule has 0 aromatic carbocycles. The van der Waals surface area contributed by atoms with Crippen LogP contribution in [0.3, 0.4) is 0 Å². The summed E-state index contributed by atoms with van der Waals surface area (Å²) in [5.74, 6) is 1.37. The largest absolute Gasteiger partial charge is 1.00 e. The SMILES string of the molecule is C1COCCN1.Cl.Nc1cnc(N2CCOCC2)c(Cl)c1.O=P(Cl)(Cl)Cl.O=[N+]([O-])c1cnc(Cl)c(Cl)c1.O=[N+]([O-])c1cnc(N2CCOCC2)c(Cl)c1.O=c1[nH]cc([N+](=O)[O-])cc1Cl.O=c1ccc([N+](=O)[O-])c[nH]1.[HH].[K+].[O-][Cl+3]([O-])([O-])[O-]. The van der Waals surface area contributed by atoms with Gasteiger partial charge in [0.15, 0.2) is 0 Å². The van der Waals surface area contributed by atoms with Crippen molar-refractivity contribution in [2.75, 3.05) is 94.4 Å². The van der Waals surface area contributed by atoms with Crippen molar-refractivity contribution >= 4 is 149 Å². The summed E-state index contributed by atoms with van der Waals surface area (Å²) in [4.78, 5) is 79.5. The number of hydrogen-bond donors (Lipinski definition) is 4. The number of anilines is 3. The van der Waals surface area contributed by atoms with Gasteiger partial charge in [-0.2, -0.15) is 0 Å². The van der Waals surface area contributed by atoms with Gasteiger partial charge in [0.2, 0.25) is 5.56 Å². The molecule has 0 unspecified atom stereocenters. The van der Waals surface area contributed by atoms with Crippen LogP contribution in [0.25, 0.3) is 0 Å². The van der Waals surface area contributed by atoms with Gasteiger partial charge >= 0.3 is 56.6 Å². The topological polar surface area (TPSA) is 458 Å². The van der Waals surface area contributed by atoms with E-state index in [1.165, 1.54) is 12.3 Å². The Bertz CT molecular complexity index is 2850. The summed E-state index contributed by atoms with van der Waals surface area (Å²) in [5, 5.41) is 41.5. The number of nitrogens with zero attached hydrogens (tertiary/aromatic N) is 9. The normalized spacial score (nSPS) is 13.3. The van der Waals surface area contributed by atoms with Crippen LogP contribution in [0, 0.1) is 50.7 Å². The number of aromatic amines is 2. The Hall–Kier alpha value is -3.20. The van der Waals surface area contributed by atoms with E-state index in [0.717, 1.165) is 101 Å².